The number of ketones is 1. The molecule has 0 spiro atoms. The minimum Gasteiger partial charge on any atom is -0.289 e. The number of aryl methyl sites for hydroxylation is 2. The highest BCUT2D eigenvalue weighted by atomic mass is 32.2. The molecule has 1 nitrogen and oxygen atoms in total. The number of thioether (sulfide) groups is 2. The van der Waals surface area contributed by atoms with Gasteiger partial charge in [-0.15, -0.1) is 11.8 Å². The average Bonchev–Trinajstić information content (AvgIpc) is 2.49. The third-order valence-corrected chi connectivity index (χ3v) is 5.36. The molecule has 0 aromatic heterocycles. The molecule has 0 aliphatic carbocycles. The molecule has 3 heteroatoms. The van der Waals surface area contributed by atoms with Gasteiger partial charge in [0.15, 0.2) is 5.78 Å². The lowest BCUT2D eigenvalue weighted by atomic mass is 10.1. The van der Waals surface area contributed by atoms with E-state index in [0.717, 1.165) is 20.3 Å². The zero-order valence-electron chi connectivity index (χ0n) is 14.0. The van der Waals surface area contributed by atoms with Crippen LogP contribution in [0.25, 0.3) is 0 Å². The SMILES string of the molecule is Cc1ccc(S/C(=C/C(=O)c2ccc(C)cc2)SC(C)C)cc1. The van der Waals surface area contributed by atoms with Gasteiger partial charge in [-0.3, -0.25) is 4.79 Å². The highest BCUT2D eigenvalue weighted by molar-refractivity contribution is 8.22. The number of benzene rings is 2. The van der Waals surface area contributed by atoms with E-state index >= 15 is 0 Å². The number of hydrogen-bond donors (Lipinski definition) is 0. The van der Waals surface area contributed by atoms with E-state index in [1.165, 1.54) is 5.56 Å². The fourth-order valence-corrected chi connectivity index (χ4v) is 4.32. The summed E-state index contributed by atoms with van der Waals surface area (Å²) in [6.07, 6.45) is 1.76. The Labute approximate surface area is 147 Å². The van der Waals surface area contributed by atoms with Crippen molar-refractivity contribution in [1.82, 2.24) is 0 Å². The number of hydrogen-bond acceptors (Lipinski definition) is 3. The number of carbonyl (C=O) groups excluding carboxylic acids is 1. The highest BCUT2D eigenvalue weighted by Crippen LogP contribution is 2.37. The van der Waals surface area contributed by atoms with Gasteiger partial charge in [0.2, 0.25) is 0 Å². The van der Waals surface area contributed by atoms with Crippen LogP contribution in [-0.2, 0) is 0 Å². The summed E-state index contributed by atoms with van der Waals surface area (Å²) in [5.41, 5.74) is 3.14. The predicted octanol–water partition coefficient (Wildman–Crippen LogP) is 6.26. The fourth-order valence-electron chi connectivity index (χ4n) is 1.95. The van der Waals surface area contributed by atoms with Gasteiger partial charge in [0.05, 0.1) is 0 Å². The first-order valence-electron chi connectivity index (χ1n) is 7.68. The van der Waals surface area contributed by atoms with E-state index in [1.54, 1.807) is 29.6 Å². The van der Waals surface area contributed by atoms with Crippen LogP contribution in [-0.4, -0.2) is 11.0 Å². The van der Waals surface area contributed by atoms with Crippen LogP contribution in [0.4, 0.5) is 0 Å². The van der Waals surface area contributed by atoms with Crippen LogP contribution < -0.4 is 0 Å². The van der Waals surface area contributed by atoms with Crippen molar-refractivity contribution in [2.75, 3.05) is 0 Å². The van der Waals surface area contributed by atoms with E-state index in [1.807, 2.05) is 31.2 Å². The Morgan fingerprint density at radius 2 is 1.43 bits per heavy atom. The second-order valence-electron chi connectivity index (χ2n) is 5.78. The molecule has 0 amide bonds. The van der Waals surface area contributed by atoms with Crippen LogP contribution in [0.2, 0.25) is 0 Å². The fraction of sp³-hybridized carbons (Fsp3) is 0.250. The Hall–Kier alpha value is -1.45. The molecule has 0 heterocycles. The molecular formula is C20H22OS2. The average molecular weight is 343 g/mol. The van der Waals surface area contributed by atoms with E-state index in [-0.39, 0.29) is 5.78 Å². The minimum atomic E-state index is 0.0627. The highest BCUT2D eigenvalue weighted by Gasteiger charge is 2.09. The Bertz CT molecular complexity index is 683. The Kier molecular flexibility index (Phi) is 6.55. The van der Waals surface area contributed by atoms with Gasteiger partial charge in [-0.1, -0.05) is 73.1 Å². The molecule has 0 fully saturated rings. The Morgan fingerprint density at radius 3 is 1.96 bits per heavy atom. The summed E-state index contributed by atoms with van der Waals surface area (Å²) in [6, 6.07) is 16.1. The quantitative estimate of drug-likeness (QED) is 0.350. The molecule has 120 valence electrons. The molecule has 2 aromatic rings. The predicted molar refractivity (Wildman–Crippen MR) is 103 cm³/mol. The molecule has 0 saturated heterocycles. The summed E-state index contributed by atoms with van der Waals surface area (Å²) in [7, 11) is 0. The second-order valence-corrected chi connectivity index (χ2v) is 8.77. The van der Waals surface area contributed by atoms with Crippen molar-refractivity contribution in [3.63, 3.8) is 0 Å². The van der Waals surface area contributed by atoms with Gasteiger partial charge in [-0.25, -0.2) is 0 Å². The zero-order chi connectivity index (χ0) is 16.8. The number of carbonyl (C=O) groups is 1. The summed E-state index contributed by atoms with van der Waals surface area (Å²) >= 11 is 3.38. The van der Waals surface area contributed by atoms with Crippen LogP contribution in [0.1, 0.15) is 35.3 Å². The lowest BCUT2D eigenvalue weighted by Gasteiger charge is -2.10. The van der Waals surface area contributed by atoms with E-state index in [4.69, 9.17) is 0 Å². The van der Waals surface area contributed by atoms with Gasteiger partial charge in [0, 0.05) is 26.0 Å². The number of rotatable bonds is 6. The standard InChI is InChI=1S/C20H22OS2/c1-14(2)22-20(23-18-11-7-16(4)8-12-18)13-19(21)17-9-5-15(3)6-10-17/h5-14H,1-4H3/b20-13+. The van der Waals surface area contributed by atoms with Gasteiger partial charge < -0.3 is 0 Å². The van der Waals surface area contributed by atoms with Gasteiger partial charge in [-0.2, -0.15) is 0 Å². The molecule has 23 heavy (non-hydrogen) atoms. The summed E-state index contributed by atoms with van der Waals surface area (Å²) in [4.78, 5) is 13.6. The van der Waals surface area contributed by atoms with Crippen LogP contribution in [0.3, 0.4) is 0 Å². The van der Waals surface area contributed by atoms with E-state index < -0.39 is 0 Å². The third-order valence-electron chi connectivity index (χ3n) is 3.18. The molecule has 0 atom stereocenters. The molecule has 0 bridgehead atoms. The topological polar surface area (TPSA) is 17.1 Å². The summed E-state index contributed by atoms with van der Waals surface area (Å²) < 4.78 is 1.04. The van der Waals surface area contributed by atoms with Crippen molar-refractivity contribution in [3.8, 4) is 0 Å². The minimum absolute atomic E-state index is 0.0627. The Balaban J connectivity index is 2.20. The monoisotopic (exact) mass is 342 g/mol. The van der Waals surface area contributed by atoms with Crippen molar-refractivity contribution < 1.29 is 4.79 Å². The maximum atomic E-state index is 12.5. The van der Waals surface area contributed by atoms with Gasteiger partial charge in [0.1, 0.15) is 0 Å². The first kappa shape index (κ1) is 17.9. The summed E-state index contributed by atoms with van der Waals surface area (Å²) in [5, 5.41) is 0.435. The largest absolute Gasteiger partial charge is 0.289 e. The molecular weight excluding hydrogens is 320 g/mol. The molecule has 2 rings (SSSR count). The molecule has 0 aliphatic rings. The third kappa shape index (κ3) is 5.92. The van der Waals surface area contributed by atoms with Gasteiger partial charge in [-0.05, 0) is 26.0 Å². The van der Waals surface area contributed by atoms with Gasteiger partial charge >= 0.3 is 0 Å². The normalized spacial score (nSPS) is 11.8. The van der Waals surface area contributed by atoms with E-state index in [9.17, 15) is 4.79 Å². The molecule has 0 unspecified atom stereocenters. The lowest BCUT2D eigenvalue weighted by Crippen LogP contribution is -1.96. The lowest BCUT2D eigenvalue weighted by molar-refractivity contribution is 0.104. The van der Waals surface area contributed by atoms with Crippen LogP contribution >= 0.6 is 23.5 Å². The van der Waals surface area contributed by atoms with Crippen LogP contribution in [0.15, 0.2) is 63.7 Å². The van der Waals surface area contributed by atoms with E-state index in [2.05, 4.69) is 45.0 Å². The van der Waals surface area contributed by atoms with Crippen LogP contribution in [0, 0.1) is 13.8 Å². The van der Waals surface area contributed by atoms with Crippen molar-refractivity contribution in [3.05, 3.63) is 75.5 Å². The van der Waals surface area contributed by atoms with Crippen molar-refractivity contribution >= 4 is 29.3 Å². The number of allylic oxidation sites excluding steroid dienone is 1. The van der Waals surface area contributed by atoms with Crippen molar-refractivity contribution in [1.29, 1.82) is 0 Å². The van der Waals surface area contributed by atoms with Crippen molar-refractivity contribution in [2.24, 2.45) is 0 Å². The molecule has 0 radical (unpaired) electrons. The first-order valence-corrected chi connectivity index (χ1v) is 9.37. The zero-order valence-corrected chi connectivity index (χ0v) is 15.6. The Morgan fingerprint density at radius 1 is 0.913 bits per heavy atom. The molecule has 0 saturated carbocycles. The smallest absolute Gasteiger partial charge is 0.187 e. The van der Waals surface area contributed by atoms with E-state index in [0.29, 0.717) is 5.25 Å². The summed E-state index contributed by atoms with van der Waals surface area (Å²) in [5.74, 6) is 0.0627. The maximum absolute atomic E-state index is 12.5. The summed E-state index contributed by atoms with van der Waals surface area (Å²) in [6.45, 7) is 8.39. The first-order chi connectivity index (χ1) is 10.9. The molecule has 2 aromatic carbocycles. The maximum Gasteiger partial charge on any atom is 0.187 e. The van der Waals surface area contributed by atoms with Crippen molar-refractivity contribution in [2.45, 2.75) is 37.8 Å². The second kappa shape index (κ2) is 8.42. The van der Waals surface area contributed by atoms with Gasteiger partial charge in [0.25, 0.3) is 0 Å². The van der Waals surface area contributed by atoms with Crippen LogP contribution in [0.5, 0.6) is 0 Å². The molecule has 0 aliphatic heterocycles. The molecule has 0 N–H and O–H groups in total.